The Bertz CT molecular complexity index is 1350. The molecule has 2 aromatic rings. The molecule has 1 amide bonds. The Hall–Kier alpha value is -4.53. The number of carbonyl (C=O) groups excluding carboxylic acids is 1. The Labute approximate surface area is 249 Å². The van der Waals surface area contributed by atoms with Crippen LogP contribution in [0.1, 0.15) is 23.2 Å². The van der Waals surface area contributed by atoms with E-state index < -0.39 is 61.1 Å². The van der Waals surface area contributed by atoms with Crippen LogP contribution in [0.15, 0.2) is 29.1 Å². The number of ether oxygens (including phenoxy) is 1. The van der Waals surface area contributed by atoms with Crippen LogP contribution in [0.2, 0.25) is 0 Å². The molecule has 0 aliphatic carbocycles. The highest BCUT2D eigenvalue weighted by atomic mass is 16.6. The molecule has 3 heterocycles. The molecule has 15 N–H and O–H groups in total. The van der Waals surface area contributed by atoms with E-state index in [4.69, 9.17) is 36.6 Å². The number of H-pyrrole nitrogens is 1. The Balaban J connectivity index is 0.000000369. The highest BCUT2D eigenvalue weighted by Crippen LogP contribution is 2.20. The molecule has 1 aromatic carbocycles. The van der Waals surface area contributed by atoms with Gasteiger partial charge in [0.05, 0.1) is 18.7 Å². The number of aromatic nitrogens is 2. The van der Waals surface area contributed by atoms with Crippen molar-refractivity contribution in [2.75, 3.05) is 41.4 Å². The van der Waals surface area contributed by atoms with Crippen LogP contribution in [0.25, 0.3) is 0 Å². The van der Waals surface area contributed by atoms with Crippen molar-refractivity contribution in [1.82, 2.24) is 15.3 Å². The van der Waals surface area contributed by atoms with Crippen molar-refractivity contribution < 1.29 is 49.8 Å². The molecule has 242 valence electrons. The van der Waals surface area contributed by atoms with Crippen LogP contribution < -0.4 is 38.3 Å². The van der Waals surface area contributed by atoms with Crippen LogP contribution in [0.5, 0.6) is 0 Å². The summed E-state index contributed by atoms with van der Waals surface area (Å²) in [6, 6.07) is 3.89. The number of carbonyl (C=O) groups is 3. The summed E-state index contributed by atoms with van der Waals surface area (Å²) in [5, 5.41) is 65.6. The van der Waals surface area contributed by atoms with E-state index in [2.05, 4.69) is 31.2 Å². The number of nitrogen functional groups attached to an aromatic ring is 1. The first-order valence-corrected chi connectivity index (χ1v) is 13.4. The predicted molar refractivity (Wildman–Crippen MR) is 154 cm³/mol. The second-order valence-corrected chi connectivity index (χ2v) is 9.96. The van der Waals surface area contributed by atoms with Crippen LogP contribution >= 0.6 is 0 Å². The molecule has 0 spiro atoms. The predicted octanol–water partition coefficient (Wildman–Crippen LogP) is -3.54. The number of anilines is 4. The molecule has 1 aromatic heterocycles. The van der Waals surface area contributed by atoms with Crippen molar-refractivity contribution in [3.05, 3.63) is 40.2 Å². The number of aliphatic hydroxyl groups excluding tert-OH is 4. The zero-order chi connectivity index (χ0) is 32.6. The fourth-order valence-electron chi connectivity index (χ4n) is 4.22. The molecular weight excluding hydrogens is 588 g/mol. The Kier molecular flexibility index (Phi) is 11.8. The monoisotopic (exact) mass is 624 g/mol. The standard InChI is InChI=1S/C19H23N7O6.C6H13NO5/c20-19-25-15-14(17(30)26-19)23-11(8-22-15)7-21-10-3-1-9(2-4-10)16(29)24-12(18(31)32)5-6-13(27)28;7-3-5(10)4(9)2(1-8)12-6(3)11/h1-4,11-12,21,23H,5-8H2,(H,24,29)(H,27,28)(H,31,32)(H4,20,22,25,26,30);2-6,8-11H,1,7H2/t11-,12-;2-,3-,4+,5-,6-/m01/s1. The lowest BCUT2D eigenvalue weighted by atomic mass is 9.98. The summed E-state index contributed by atoms with van der Waals surface area (Å²) in [7, 11) is 0. The minimum absolute atomic E-state index is 0.0281. The third-order valence-corrected chi connectivity index (χ3v) is 6.70. The first-order valence-electron chi connectivity index (χ1n) is 13.4. The minimum atomic E-state index is -1.35. The summed E-state index contributed by atoms with van der Waals surface area (Å²) < 4.78 is 4.70. The Morgan fingerprint density at radius 2 is 1.80 bits per heavy atom. The fourth-order valence-corrected chi connectivity index (χ4v) is 4.22. The maximum atomic E-state index is 12.3. The van der Waals surface area contributed by atoms with E-state index in [1.165, 1.54) is 12.1 Å². The molecule has 2 aliphatic rings. The van der Waals surface area contributed by atoms with E-state index in [9.17, 15) is 29.4 Å². The number of hydrogen-bond donors (Lipinski definition) is 13. The summed E-state index contributed by atoms with van der Waals surface area (Å²) in [5.74, 6) is -2.64. The van der Waals surface area contributed by atoms with Gasteiger partial charge in [-0.1, -0.05) is 0 Å². The molecule has 4 rings (SSSR count). The molecule has 0 unspecified atom stereocenters. The number of nitrogens with two attached hydrogens (primary N) is 2. The van der Waals surface area contributed by atoms with Gasteiger partial charge in [-0.05, 0) is 30.7 Å². The minimum Gasteiger partial charge on any atom is -0.481 e. The summed E-state index contributed by atoms with van der Waals surface area (Å²) in [5.41, 5.74) is 11.7. The second-order valence-electron chi connectivity index (χ2n) is 9.96. The van der Waals surface area contributed by atoms with Gasteiger partial charge in [0.25, 0.3) is 11.5 Å². The lowest BCUT2D eigenvalue weighted by Crippen LogP contribution is -2.61. The molecule has 1 saturated heterocycles. The van der Waals surface area contributed by atoms with Gasteiger partial charge < -0.3 is 68.1 Å². The highest BCUT2D eigenvalue weighted by Gasteiger charge is 2.41. The molecule has 2 aliphatic heterocycles. The van der Waals surface area contributed by atoms with Gasteiger partial charge in [0, 0.05) is 30.8 Å². The number of rotatable bonds is 10. The van der Waals surface area contributed by atoms with Gasteiger partial charge in [0.1, 0.15) is 30.0 Å². The van der Waals surface area contributed by atoms with Crippen LogP contribution in [0, 0.1) is 0 Å². The number of aliphatic hydroxyl groups is 4. The molecular formula is C25H36N8O11. The Morgan fingerprint density at radius 1 is 1.11 bits per heavy atom. The van der Waals surface area contributed by atoms with Gasteiger partial charge in [-0.15, -0.1) is 0 Å². The number of aliphatic carboxylic acids is 2. The summed E-state index contributed by atoms with van der Waals surface area (Å²) >= 11 is 0. The number of fused-ring (bicyclic) bond motifs is 1. The van der Waals surface area contributed by atoms with Crippen LogP contribution in [-0.4, -0.2) is 121 Å². The number of aromatic amines is 1. The van der Waals surface area contributed by atoms with Gasteiger partial charge in [-0.2, -0.15) is 4.98 Å². The molecule has 44 heavy (non-hydrogen) atoms. The van der Waals surface area contributed by atoms with Gasteiger partial charge in [-0.25, -0.2) is 4.79 Å². The number of carboxylic acids is 2. The van der Waals surface area contributed by atoms with E-state index >= 15 is 0 Å². The smallest absolute Gasteiger partial charge is 0.326 e. The number of nitrogens with zero attached hydrogens (tertiary/aromatic N) is 1. The summed E-state index contributed by atoms with van der Waals surface area (Å²) in [6.07, 6.45) is -5.44. The third-order valence-electron chi connectivity index (χ3n) is 6.70. The average molecular weight is 625 g/mol. The van der Waals surface area contributed by atoms with E-state index in [0.29, 0.717) is 30.3 Å². The maximum Gasteiger partial charge on any atom is 0.326 e. The van der Waals surface area contributed by atoms with Gasteiger partial charge >= 0.3 is 11.9 Å². The lowest BCUT2D eigenvalue weighted by molar-refractivity contribution is -0.248. The van der Waals surface area contributed by atoms with Crippen molar-refractivity contribution in [2.24, 2.45) is 5.73 Å². The molecule has 19 heteroatoms. The molecule has 1 fully saturated rings. The molecule has 19 nitrogen and oxygen atoms in total. The molecule has 0 radical (unpaired) electrons. The number of hydrogen-bond acceptors (Lipinski definition) is 15. The number of nitrogens with one attached hydrogen (secondary N) is 5. The fraction of sp³-hybridized carbons (Fsp3) is 0.480. The lowest BCUT2D eigenvalue weighted by Gasteiger charge is -2.38. The quantitative estimate of drug-likeness (QED) is 0.122. The first kappa shape index (κ1) is 34.0. The van der Waals surface area contributed by atoms with Crippen molar-refractivity contribution in [3.8, 4) is 0 Å². The maximum absolute atomic E-state index is 12.3. The largest absolute Gasteiger partial charge is 0.481 e. The van der Waals surface area contributed by atoms with E-state index in [1.807, 2.05) is 0 Å². The summed E-state index contributed by atoms with van der Waals surface area (Å²) in [4.78, 5) is 52.6. The summed E-state index contributed by atoms with van der Waals surface area (Å²) in [6.45, 7) is 0.489. The molecule has 7 atom stereocenters. The topological polar surface area (TPSA) is 328 Å². The zero-order valence-corrected chi connectivity index (χ0v) is 23.2. The SMILES string of the molecule is N[C@@H]1[C@@H](O)[C@@H](O)[C@@H](CO)O[C@H]1O.Nc1nc2c(c(=O)[nH]1)N[C@@H](CNc1ccc(C(=O)N[C@@H](CCC(=O)O)C(=O)O)cc1)CN2. The third kappa shape index (κ3) is 8.99. The van der Waals surface area contributed by atoms with E-state index in [0.717, 1.165) is 0 Å². The number of amides is 1. The van der Waals surface area contributed by atoms with Crippen molar-refractivity contribution >= 4 is 41.0 Å². The number of carboxylic acid groups (broad SMARTS) is 2. The molecule has 0 saturated carbocycles. The zero-order valence-electron chi connectivity index (χ0n) is 23.2. The van der Waals surface area contributed by atoms with Crippen LogP contribution in [0.3, 0.4) is 0 Å². The normalized spacial score (nSPS) is 24.7. The van der Waals surface area contributed by atoms with E-state index in [-0.39, 0.29) is 36.0 Å². The van der Waals surface area contributed by atoms with Crippen LogP contribution in [0.4, 0.5) is 23.1 Å². The van der Waals surface area contributed by atoms with Gasteiger partial charge in [0.2, 0.25) is 5.95 Å². The van der Waals surface area contributed by atoms with E-state index in [1.54, 1.807) is 12.1 Å². The highest BCUT2D eigenvalue weighted by molar-refractivity contribution is 5.97. The Morgan fingerprint density at radius 3 is 2.41 bits per heavy atom. The average Bonchev–Trinajstić information content (AvgIpc) is 2.99. The number of benzene rings is 1. The van der Waals surface area contributed by atoms with Crippen molar-refractivity contribution in [3.63, 3.8) is 0 Å². The van der Waals surface area contributed by atoms with Crippen molar-refractivity contribution in [2.45, 2.75) is 55.6 Å². The second kappa shape index (κ2) is 15.3. The van der Waals surface area contributed by atoms with Gasteiger partial charge in [0.15, 0.2) is 12.1 Å². The van der Waals surface area contributed by atoms with Crippen LogP contribution in [-0.2, 0) is 14.3 Å². The van der Waals surface area contributed by atoms with Gasteiger partial charge in [-0.3, -0.25) is 19.4 Å². The molecule has 0 bridgehead atoms. The van der Waals surface area contributed by atoms with Crippen molar-refractivity contribution in [1.29, 1.82) is 0 Å². The first-order chi connectivity index (χ1) is 20.8.